The summed E-state index contributed by atoms with van der Waals surface area (Å²) in [6.45, 7) is 0.590. The van der Waals surface area contributed by atoms with Crippen molar-refractivity contribution in [1.82, 2.24) is 5.32 Å². The molecule has 21 heavy (non-hydrogen) atoms. The molecular weight excluding hydrogens is 281 g/mol. The van der Waals surface area contributed by atoms with E-state index < -0.39 is 11.7 Å². The third kappa shape index (κ3) is 4.74. The highest BCUT2D eigenvalue weighted by Crippen LogP contribution is 2.29. The van der Waals surface area contributed by atoms with Crippen LogP contribution in [0.1, 0.15) is 30.4 Å². The van der Waals surface area contributed by atoms with E-state index in [0.717, 1.165) is 31.4 Å². The molecule has 0 aliphatic heterocycles. The van der Waals surface area contributed by atoms with Crippen molar-refractivity contribution < 1.29 is 18.0 Å². The first-order valence-corrected chi connectivity index (χ1v) is 7.03. The van der Waals surface area contributed by atoms with Crippen molar-refractivity contribution in [2.24, 2.45) is 11.7 Å². The molecule has 116 valence electrons. The molecule has 1 saturated carbocycles. The first-order valence-electron chi connectivity index (χ1n) is 7.03. The number of nitrogens with one attached hydrogen (secondary N) is 1. The summed E-state index contributed by atoms with van der Waals surface area (Å²) in [4.78, 5) is 11.8. The Morgan fingerprint density at radius 3 is 2.43 bits per heavy atom. The molecule has 0 aromatic heterocycles. The van der Waals surface area contributed by atoms with Gasteiger partial charge in [0.2, 0.25) is 5.91 Å². The highest BCUT2D eigenvalue weighted by molar-refractivity contribution is 5.78. The molecule has 0 bridgehead atoms. The second-order valence-corrected chi connectivity index (χ2v) is 5.61. The Labute approximate surface area is 121 Å². The van der Waals surface area contributed by atoms with E-state index in [1.54, 1.807) is 0 Å². The lowest BCUT2D eigenvalue weighted by molar-refractivity contribution is -0.137. The topological polar surface area (TPSA) is 55.1 Å². The summed E-state index contributed by atoms with van der Waals surface area (Å²) in [5.41, 5.74) is 5.67. The molecule has 6 heteroatoms. The number of nitrogens with two attached hydrogens (primary N) is 1. The molecule has 2 rings (SSSR count). The first kappa shape index (κ1) is 15.8. The zero-order chi connectivity index (χ0) is 15.5. The monoisotopic (exact) mass is 300 g/mol. The van der Waals surface area contributed by atoms with Crippen LogP contribution in [0.4, 0.5) is 13.2 Å². The average molecular weight is 300 g/mol. The molecule has 1 aliphatic carbocycles. The van der Waals surface area contributed by atoms with E-state index in [9.17, 15) is 18.0 Å². The predicted octanol–water partition coefficient (Wildman–Crippen LogP) is 2.49. The van der Waals surface area contributed by atoms with E-state index in [1.165, 1.54) is 12.1 Å². The predicted molar refractivity (Wildman–Crippen MR) is 73.5 cm³/mol. The van der Waals surface area contributed by atoms with Crippen LogP contribution in [-0.4, -0.2) is 18.5 Å². The van der Waals surface area contributed by atoms with Crippen LogP contribution in [0, 0.1) is 5.92 Å². The highest BCUT2D eigenvalue weighted by atomic mass is 19.4. The molecule has 3 N–H and O–H groups in total. The normalized spacial score (nSPS) is 22.3. The molecule has 1 fully saturated rings. The zero-order valence-corrected chi connectivity index (χ0v) is 11.6. The molecule has 2 unspecified atom stereocenters. The highest BCUT2D eigenvalue weighted by Gasteiger charge is 2.30. The Morgan fingerprint density at radius 1 is 1.24 bits per heavy atom. The molecule has 1 aromatic rings. The molecule has 0 saturated heterocycles. The van der Waals surface area contributed by atoms with Crippen molar-refractivity contribution in [3.05, 3.63) is 35.4 Å². The van der Waals surface area contributed by atoms with Crippen LogP contribution >= 0.6 is 0 Å². The van der Waals surface area contributed by atoms with Crippen molar-refractivity contribution in [2.75, 3.05) is 6.54 Å². The van der Waals surface area contributed by atoms with Gasteiger partial charge in [-0.05, 0) is 42.9 Å². The molecule has 2 atom stereocenters. The third-order valence-electron chi connectivity index (χ3n) is 3.82. The first-order chi connectivity index (χ1) is 9.84. The summed E-state index contributed by atoms with van der Waals surface area (Å²) in [5.74, 6) is 0.242. The van der Waals surface area contributed by atoms with E-state index in [2.05, 4.69) is 5.32 Å². The fourth-order valence-electron chi connectivity index (χ4n) is 2.62. The van der Waals surface area contributed by atoms with Gasteiger partial charge in [0.15, 0.2) is 0 Å². The maximum atomic E-state index is 12.4. The summed E-state index contributed by atoms with van der Waals surface area (Å²) in [6.07, 6.45) is -1.33. The minimum atomic E-state index is -4.35. The quantitative estimate of drug-likeness (QED) is 0.897. The lowest BCUT2D eigenvalue weighted by Gasteiger charge is -2.11. The number of carbonyl (C=O) groups excluding carboxylic acids is 1. The van der Waals surface area contributed by atoms with Gasteiger partial charge in [-0.25, -0.2) is 0 Å². The van der Waals surface area contributed by atoms with Gasteiger partial charge in [0.1, 0.15) is 0 Å². The van der Waals surface area contributed by atoms with Gasteiger partial charge in [0.05, 0.1) is 12.0 Å². The van der Waals surface area contributed by atoms with Crippen LogP contribution in [0.5, 0.6) is 0 Å². The van der Waals surface area contributed by atoms with Crippen molar-refractivity contribution in [2.45, 2.75) is 37.9 Å². The number of amides is 1. The van der Waals surface area contributed by atoms with Crippen molar-refractivity contribution in [3.8, 4) is 0 Å². The van der Waals surface area contributed by atoms with Gasteiger partial charge in [-0.2, -0.15) is 13.2 Å². The van der Waals surface area contributed by atoms with E-state index >= 15 is 0 Å². The average Bonchev–Trinajstić information content (AvgIpc) is 2.82. The number of rotatable bonds is 4. The fraction of sp³-hybridized carbons (Fsp3) is 0.533. The number of hydrogen-bond donors (Lipinski definition) is 2. The van der Waals surface area contributed by atoms with Crippen LogP contribution in [0.2, 0.25) is 0 Å². The van der Waals surface area contributed by atoms with Crippen LogP contribution in [0.25, 0.3) is 0 Å². The molecule has 3 nitrogen and oxygen atoms in total. The zero-order valence-electron chi connectivity index (χ0n) is 11.6. The Bertz CT molecular complexity index is 485. The fourth-order valence-corrected chi connectivity index (χ4v) is 2.62. The molecule has 0 spiro atoms. The van der Waals surface area contributed by atoms with Crippen molar-refractivity contribution in [1.29, 1.82) is 0 Å². The van der Waals surface area contributed by atoms with E-state index in [4.69, 9.17) is 5.73 Å². The Morgan fingerprint density at radius 2 is 1.90 bits per heavy atom. The number of hydrogen-bond acceptors (Lipinski definition) is 2. The van der Waals surface area contributed by atoms with Crippen LogP contribution in [-0.2, 0) is 17.4 Å². The molecule has 1 aromatic carbocycles. The van der Waals surface area contributed by atoms with Gasteiger partial charge >= 0.3 is 6.18 Å². The lowest BCUT2D eigenvalue weighted by atomic mass is 10.1. The Hall–Kier alpha value is -1.56. The number of alkyl halides is 3. The Balaban J connectivity index is 1.80. The van der Waals surface area contributed by atoms with E-state index in [1.807, 2.05) is 0 Å². The van der Waals surface area contributed by atoms with Crippen LogP contribution in [0.15, 0.2) is 24.3 Å². The van der Waals surface area contributed by atoms with Gasteiger partial charge in [0, 0.05) is 12.6 Å². The largest absolute Gasteiger partial charge is 0.416 e. The second-order valence-electron chi connectivity index (χ2n) is 5.61. The standard InChI is InChI=1S/C15H19F3N2O/c16-15(17,18)12-4-1-10(2-5-12)8-14(21)20-9-11-3-6-13(19)7-11/h1-2,4-5,11,13H,3,6-9,19H2,(H,20,21). The summed E-state index contributed by atoms with van der Waals surface area (Å²) in [5, 5.41) is 2.82. The Kier molecular flexibility index (Phi) is 4.88. The van der Waals surface area contributed by atoms with Crippen molar-refractivity contribution in [3.63, 3.8) is 0 Å². The summed E-state index contributed by atoms with van der Waals surface area (Å²) >= 11 is 0. The SMILES string of the molecule is NC1CCC(CNC(=O)Cc2ccc(C(F)(F)F)cc2)C1. The van der Waals surface area contributed by atoms with Crippen LogP contribution in [0.3, 0.4) is 0 Å². The van der Waals surface area contributed by atoms with Gasteiger partial charge in [0.25, 0.3) is 0 Å². The maximum Gasteiger partial charge on any atom is 0.416 e. The number of halogens is 3. The summed E-state index contributed by atoms with van der Waals surface area (Å²) in [6, 6.07) is 4.90. The van der Waals surface area contributed by atoms with Gasteiger partial charge in [-0.15, -0.1) is 0 Å². The van der Waals surface area contributed by atoms with E-state index in [0.29, 0.717) is 18.0 Å². The van der Waals surface area contributed by atoms with E-state index in [-0.39, 0.29) is 18.4 Å². The number of carbonyl (C=O) groups is 1. The van der Waals surface area contributed by atoms with Gasteiger partial charge in [-0.3, -0.25) is 4.79 Å². The maximum absolute atomic E-state index is 12.4. The minimum Gasteiger partial charge on any atom is -0.356 e. The smallest absolute Gasteiger partial charge is 0.356 e. The minimum absolute atomic E-state index is 0.0942. The molecule has 0 radical (unpaired) electrons. The summed E-state index contributed by atoms with van der Waals surface area (Å²) < 4.78 is 37.3. The third-order valence-corrected chi connectivity index (χ3v) is 3.82. The molecule has 1 aliphatic rings. The van der Waals surface area contributed by atoms with Gasteiger partial charge < -0.3 is 11.1 Å². The lowest BCUT2D eigenvalue weighted by Crippen LogP contribution is -2.30. The molecule has 0 heterocycles. The van der Waals surface area contributed by atoms with Gasteiger partial charge in [-0.1, -0.05) is 12.1 Å². The summed E-state index contributed by atoms with van der Waals surface area (Å²) in [7, 11) is 0. The molecule has 1 amide bonds. The second kappa shape index (κ2) is 6.47. The van der Waals surface area contributed by atoms with Crippen molar-refractivity contribution >= 4 is 5.91 Å². The molecular formula is C15H19F3N2O. The number of benzene rings is 1. The van der Waals surface area contributed by atoms with Crippen LogP contribution < -0.4 is 11.1 Å².